The van der Waals surface area contributed by atoms with Crippen LogP contribution >= 0.6 is 11.8 Å². The summed E-state index contributed by atoms with van der Waals surface area (Å²) in [5.41, 5.74) is 5.07. The molecule has 4 aliphatic carbocycles. The third kappa shape index (κ3) is 1.84. The minimum atomic E-state index is 0.527. The molecule has 0 aromatic rings. The highest BCUT2D eigenvalue weighted by Gasteiger charge is 2.59. The van der Waals surface area contributed by atoms with Gasteiger partial charge in [-0.1, -0.05) is 31.9 Å². The van der Waals surface area contributed by atoms with Gasteiger partial charge >= 0.3 is 0 Å². The molecule has 0 radical (unpaired) electrons. The van der Waals surface area contributed by atoms with Crippen molar-refractivity contribution < 1.29 is 0 Å². The predicted molar refractivity (Wildman–Crippen MR) is 96.1 cm³/mol. The average molecular weight is 317 g/mol. The minimum Gasteiger partial charge on any atom is -0.153 e. The molecule has 5 aliphatic rings. The van der Waals surface area contributed by atoms with Gasteiger partial charge in [0.15, 0.2) is 0 Å². The summed E-state index contributed by atoms with van der Waals surface area (Å²) in [6, 6.07) is 0. The molecule has 0 aromatic heterocycles. The molecule has 0 bridgehead atoms. The van der Waals surface area contributed by atoms with Crippen LogP contribution in [0, 0.1) is 28.6 Å². The van der Waals surface area contributed by atoms with Crippen molar-refractivity contribution in [3.63, 3.8) is 0 Å². The molecule has 22 heavy (non-hydrogen) atoms. The molecule has 0 nitrogen and oxygen atoms in total. The van der Waals surface area contributed by atoms with E-state index in [0.29, 0.717) is 10.8 Å². The fourth-order valence-electron chi connectivity index (χ4n) is 7.15. The molecule has 122 valence electrons. The van der Waals surface area contributed by atoms with Crippen LogP contribution in [0.15, 0.2) is 11.1 Å². The lowest BCUT2D eigenvalue weighted by molar-refractivity contribution is -0.0375. The van der Waals surface area contributed by atoms with Gasteiger partial charge in [0.25, 0.3) is 0 Å². The summed E-state index contributed by atoms with van der Waals surface area (Å²) in [6.07, 6.45) is 13.5. The van der Waals surface area contributed by atoms with E-state index in [9.17, 15) is 0 Å². The summed E-state index contributed by atoms with van der Waals surface area (Å²) in [4.78, 5) is 0. The summed E-state index contributed by atoms with van der Waals surface area (Å²) in [6.45, 7) is 7.73. The number of hydrogen-bond donors (Lipinski definition) is 0. The summed E-state index contributed by atoms with van der Waals surface area (Å²) in [5.74, 6) is 4.54. The number of thioether (sulfide) groups is 1. The fraction of sp³-hybridized carbons (Fsp3) is 0.905. The molecule has 1 heterocycles. The molecule has 1 aliphatic heterocycles. The smallest absolute Gasteiger partial charge is 0.0254 e. The van der Waals surface area contributed by atoms with Crippen LogP contribution in [0.2, 0.25) is 0 Å². The zero-order chi connectivity index (χ0) is 15.2. The van der Waals surface area contributed by atoms with E-state index in [1.165, 1.54) is 57.1 Å². The van der Waals surface area contributed by atoms with Gasteiger partial charge in [-0.15, -0.1) is 0 Å². The molecule has 5 rings (SSSR count). The summed E-state index contributed by atoms with van der Waals surface area (Å²) < 4.78 is 0.769. The predicted octanol–water partition coefficient (Wildman–Crippen LogP) is 6.22. The van der Waals surface area contributed by atoms with E-state index in [-0.39, 0.29) is 0 Å². The van der Waals surface area contributed by atoms with Gasteiger partial charge < -0.3 is 0 Å². The molecule has 5 atom stereocenters. The first kappa shape index (κ1) is 14.4. The largest absolute Gasteiger partial charge is 0.153 e. The molecule has 3 fully saturated rings. The monoisotopic (exact) mass is 316 g/mol. The Morgan fingerprint density at radius 1 is 0.955 bits per heavy atom. The maximum absolute atomic E-state index is 2.71. The Bertz CT molecular complexity index is 538. The van der Waals surface area contributed by atoms with Crippen molar-refractivity contribution in [2.45, 2.75) is 83.3 Å². The maximum Gasteiger partial charge on any atom is 0.0254 e. The van der Waals surface area contributed by atoms with Crippen LogP contribution < -0.4 is 0 Å². The second-order valence-electron chi connectivity index (χ2n) is 10.1. The number of allylic oxidation sites excluding steroid dienone is 2. The summed E-state index contributed by atoms with van der Waals surface area (Å²) in [7, 11) is 0. The highest BCUT2D eigenvalue weighted by Crippen LogP contribution is 2.68. The van der Waals surface area contributed by atoms with Crippen LogP contribution in [0.1, 0.15) is 78.6 Å². The van der Waals surface area contributed by atoms with Crippen LogP contribution in [0.5, 0.6) is 0 Å². The van der Waals surface area contributed by atoms with Crippen molar-refractivity contribution in [1.82, 2.24) is 0 Å². The van der Waals surface area contributed by atoms with E-state index in [1.54, 1.807) is 6.42 Å². The van der Waals surface area contributed by atoms with E-state index in [2.05, 4.69) is 32.5 Å². The van der Waals surface area contributed by atoms with Crippen molar-refractivity contribution in [3.05, 3.63) is 11.1 Å². The Kier molecular flexibility index (Phi) is 2.87. The molecule has 2 saturated carbocycles. The number of fused-ring (bicyclic) bond motifs is 4. The van der Waals surface area contributed by atoms with Gasteiger partial charge in [0.1, 0.15) is 0 Å². The van der Waals surface area contributed by atoms with Gasteiger partial charge in [-0.2, -0.15) is 11.8 Å². The maximum atomic E-state index is 2.71. The molecular formula is C21H32S. The first-order chi connectivity index (χ1) is 10.4. The topological polar surface area (TPSA) is 0 Å². The van der Waals surface area contributed by atoms with Crippen molar-refractivity contribution in [3.8, 4) is 0 Å². The molecular weight excluding hydrogens is 284 g/mol. The van der Waals surface area contributed by atoms with Crippen molar-refractivity contribution >= 4 is 11.8 Å². The van der Waals surface area contributed by atoms with Crippen LogP contribution in [0.4, 0.5) is 0 Å². The van der Waals surface area contributed by atoms with E-state index in [4.69, 9.17) is 0 Å². The first-order valence-electron chi connectivity index (χ1n) is 9.80. The molecule has 0 unspecified atom stereocenters. The molecule has 0 aromatic carbocycles. The lowest BCUT2D eigenvalue weighted by atomic mass is 9.48. The average Bonchev–Trinajstić information content (AvgIpc) is 3.17. The molecule has 1 heteroatoms. The van der Waals surface area contributed by atoms with Crippen LogP contribution in [0.25, 0.3) is 0 Å². The molecule has 0 N–H and O–H groups in total. The minimum absolute atomic E-state index is 0.527. The van der Waals surface area contributed by atoms with Crippen LogP contribution in [-0.2, 0) is 0 Å². The third-order valence-electron chi connectivity index (χ3n) is 8.76. The lowest BCUT2D eigenvalue weighted by Gasteiger charge is -2.57. The van der Waals surface area contributed by atoms with E-state index >= 15 is 0 Å². The van der Waals surface area contributed by atoms with Gasteiger partial charge in [0, 0.05) is 10.5 Å². The van der Waals surface area contributed by atoms with E-state index in [0.717, 1.165) is 22.5 Å². The Balaban J connectivity index is 1.47. The Morgan fingerprint density at radius 3 is 2.55 bits per heavy atom. The Labute approximate surface area is 140 Å². The molecule has 1 spiro atoms. The second-order valence-corrected chi connectivity index (χ2v) is 11.5. The van der Waals surface area contributed by atoms with Gasteiger partial charge in [0.05, 0.1) is 0 Å². The SMILES string of the molecule is CC1(C)CCC2=C1CC[C@H]1[C@H]2CC[C@H]2C[C@@]3(CC[C@@]21C)CS3. The highest BCUT2D eigenvalue weighted by molar-refractivity contribution is 8.07. The number of hydrogen-bond acceptors (Lipinski definition) is 1. The quantitative estimate of drug-likeness (QED) is 0.378. The molecule has 0 amide bonds. The first-order valence-corrected chi connectivity index (χ1v) is 10.8. The Hall–Kier alpha value is 0.0900. The molecule has 1 saturated heterocycles. The lowest BCUT2D eigenvalue weighted by Crippen LogP contribution is -2.49. The van der Waals surface area contributed by atoms with Crippen LogP contribution in [0.3, 0.4) is 0 Å². The van der Waals surface area contributed by atoms with Gasteiger partial charge in [-0.25, -0.2) is 0 Å². The Morgan fingerprint density at radius 2 is 1.77 bits per heavy atom. The third-order valence-corrected chi connectivity index (χ3v) is 10.2. The van der Waals surface area contributed by atoms with Crippen LogP contribution in [-0.4, -0.2) is 10.5 Å². The highest BCUT2D eigenvalue weighted by atomic mass is 32.2. The van der Waals surface area contributed by atoms with Gasteiger partial charge in [-0.3, -0.25) is 0 Å². The van der Waals surface area contributed by atoms with E-state index < -0.39 is 0 Å². The van der Waals surface area contributed by atoms with Gasteiger partial charge in [-0.05, 0) is 86.4 Å². The zero-order valence-electron chi connectivity index (χ0n) is 14.7. The zero-order valence-corrected chi connectivity index (χ0v) is 15.5. The fourth-order valence-corrected chi connectivity index (χ4v) is 8.18. The standard InChI is InChI=1S/C21H32S/c1-19(2)9-8-16-15-5-4-14-12-21(13-22-21)11-10-20(14,3)18(15)7-6-17(16)19/h14-15,18H,4-13H2,1-3H3/t14-,15-,18-,20-,21-/m0/s1. The summed E-state index contributed by atoms with van der Waals surface area (Å²) in [5, 5.41) is 0. The van der Waals surface area contributed by atoms with Crippen molar-refractivity contribution in [2.24, 2.45) is 28.6 Å². The van der Waals surface area contributed by atoms with Crippen molar-refractivity contribution in [2.75, 3.05) is 5.75 Å². The normalized spacial score (nSPS) is 52.2. The van der Waals surface area contributed by atoms with Crippen molar-refractivity contribution in [1.29, 1.82) is 0 Å². The van der Waals surface area contributed by atoms with E-state index in [1.807, 2.05) is 11.1 Å². The number of rotatable bonds is 0. The second kappa shape index (κ2) is 4.38. The van der Waals surface area contributed by atoms with Gasteiger partial charge in [0.2, 0.25) is 0 Å². The summed E-state index contributed by atoms with van der Waals surface area (Å²) >= 11 is 2.28.